The first-order chi connectivity index (χ1) is 11.9. The van der Waals surface area contributed by atoms with Crippen LogP contribution in [0.5, 0.6) is 5.75 Å². The number of carbonyl (C=O) groups excluding carboxylic acids is 1. The second kappa shape index (κ2) is 6.64. The molecule has 0 amide bonds. The molecule has 0 aliphatic rings. The summed E-state index contributed by atoms with van der Waals surface area (Å²) in [5, 5.41) is 1.86. The minimum atomic E-state index is -2.32. The number of hydrogen-bond acceptors (Lipinski definition) is 3. The lowest BCUT2D eigenvalue weighted by Crippen LogP contribution is -2.13. The SMILES string of the molecule is O=C(Oc1c(F)c(F)c(F)c(F)c1F)c1ccc(-c2cccs2)cc1. The largest absolute Gasteiger partial charge is 0.416 e. The van der Waals surface area contributed by atoms with Crippen molar-refractivity contribution in [2.24, 2.45) is 0 Å². The predicted octanol–water partition coefficient (Wildman–Crippen LogP) is 5.33. The minimum absolute atomic E-state index is 0.107. The average Bonchev–Trinajstić information content (AvgIpc) is 3.16. The van der Waals surface area contributed by atoms with Crippen molar-refractivity contribution in [2.45, 2.75) is 0 Å². The second-order valence-corrected chi connectivity index (χ2v) is 5.79. The molecule has 0 saturated heterocycles. The normalized spacial score (nSPS) is 10.8. The monoisotopic (exact) mass is 370 g/mol. The zero-order valence-corrected chi connectivity index (χ0v) is 13.0. The molecule has 2 aromatic carbocycles. The molecule has 0 bridgehead atoms. The van der Waals surface area contributed by atoms with Crippen LogP contribution in [0, 0.1) is 29.1 Å². The van der Waals surface area contributed by atoms with Crippen LogP contribution in [0.3, 0.4) is 0 Å². The third-order valence-electron chi connectivity index (χ3n) is 3.29. The average molecular weight is 370 g/mol. The minimum Gasteiger partial charge on any atom is -0.416 e. The summed E-state index contributed by atoms with van der Waals surface area (Å²) in [4.78, 5) is 12.9. The molecule has 0 N–H and O–H groups in total. The van der Waals surface area contributed by atoms with E-state index in [1.807, 2.05) is 17.5 Å². The molecule has 0 atom stereocenters. The van der Waals surface area contributed by atoms with Gasteiger partial charge in [0.25, 0.3) is 0 Å². The Morgan fingerprint density at radius 1 is 0.800 bits per heavy atom. The molecule has 0 saturated carbocycles. The third-order valence-corrected chi connectivity index (χ3v) is 4.21. The van der Waals surface area contributed by atoms with Gasteiger partial charge < -0.3 is 4.74 Å². The number of carbonyl (C=O) groups is 1. The smallest absolute Gasteiger partial charge is 0.343 e. The van der Waals surface area contributed by atoms with Crippen LogP contribution in [0.25, 0.3) is 10.4 Å². The van der Waals surface area contributed by atoms with Gasteiger partial charge in [0.05, 0.1) is 5.56 Å². The van der Waals surface area contributed by atoms with E-state index >= 15 is 0 Å². The molecule has 1 heterocycles. The molecule has 3 rings (SSSR count). The van der Waals surface area contributed by atoms with Crippen LogP contribution in [0.1, 0.15) is 10.4 Å². The maximum Gasteiger partial charge on any atom is 0.343 e. The molecule has 0 spiro atoms. The summed E-state index contributed by atoms with van der Waals surface area (Å²) < 4.78 is 70.6. The quantitative estimate of drug-likeness (QED) is 0.205. The van der Waals surface area contributed by atoms with Crippen LogP contribution in [-0.4, -0.2) is 5.97 Å². The van der Waals surface area contributed by atoms with E-state index in [9.17, 15) is 26.7 Å². The van der Waals surface area contributed by atoms with Crippen molar-refractivity contribution in [3.05, 3.63) is 76.4 Å². The molecule has 0 unspecified atom stereocenters. The maximum absolute atomic E-state index is 13.5. The van der Waals surface area contributed by atoms with Crippen molar-refractivity contribution >= 4 is 17.3 Å². The summed E-state index contributed by atoms with van der Waals surface area (Å²) in [6.07, 6.45) is 0. The van der Waals surface area contributed by atoms with Gasteiger partial charge in [-0.15, -0.1) is 11.3 Å². The lowest BCUT2D eigenvalue weighted by Gasteiger charge is -2.09. The fourth-order valence-electron chi connectivity index (χ4n) is 2.04. The molecule has 2 nitrogen and oxygen atoms in total. The Morgan fingerprint density at radius 3 is 1.88 bits per heavy atom. The highest BCUT2D eigenvalue weighted by atomic mass is 32.1. The van der Waals surface area contributed by atoms with E-state index in [0.717, 1.165) is 10.4 Å². The van der Waals surface area contributed by atoms with Crippen molar-refractivity contribution in [3.8, 4) is 16.2 Å². The highest BCUT2D eigenvalue weighted by Gasteiger charge is 2.28. The molecule has 128 valence electrons. The van der Waals surface area contributed by atoms with Crippen LogP contribution in [0.2, 0.25) is 0 Å². The van der Waals surface area contributed by atoms with Gasteiger partial charge in [0.15, 0.2) is 0 Å². The van der Waals surface area contributed by atoms with Crippen molar-refractivity contribution < 1.29 is 31.5 Å². The van der Waals surface area contributed by atoms with E-state index in [2.05, 4.69) is 4.74 Å². The second-order valence-electron chi connectivity index (χ2n) is 4.84. The Labute approximate surface area is 142 Å². The van der Waals surface area contributed by atoms with E-state index in [4.69, 9.17) is 0 Å². The van der Waals surface area contributed by atoms with E-state index in [1.54, 1.807) is 12.1 Å². The summed E-state index contributed by atoms with van der Waals surface area (Å²) >= 11 is 1.47. The highest BCUT2D eigenvalue weighted by Crippen LogP contribution is 2.30. The van der Waals surface area contributed by atoms with E-state index in [0.29, 0.717) is 0 Å². The maximum atomic E-state index is 13.5. The summed E-state index contributed by atoms with van der Waals surface area (Å²) in [6.45, 7) is 0. The number of benzene rings is 2. The fourth-order valence-corrected chi connectivity index (χ4v) is 2.77. The first kappa shape index (κ1) is 17.1. The number of thiophene rings is 1. The molecule has 0 radical (unpaired) electrons. The molecule has 0 aliphatic carbocycles. The lowest BCUT2D eigenvalue weighted by molar-refractivity contribution is 0.0716. The first-order valence-electron chi connectivity index (χ1n) is 6.77. The van der Waals surface area contributed by atoms with E-state index < -0.39 is 40.8 Å². The molecule has 8 heteroatoms. The third kappa shape index (κ3) is 3.12. The number of halogens is 5. The highest BCUT2D eigenvalue weighted by molar-refractivity contribution is 7.13. The van der Waals surface area contributed by atoms with Gasteiger partial charge in [-0.1, -0.05) is 18.2 Å². The van der Waals surface area contributed by atoms with Crippen LogP contribution in [-0.2, 0) is 0 Å². The van der Waals surface area contributed by atoms with Gasteiger partial charge in [-0.3, -0.25) is 0 Å². The predicted molar refractivity (Wildman–Crippen MR) is 80.9 cm³/mol. The van der Waals surface area contributed by atoms with Gasteiger partial charge in [-0.25, -0.2) is 18.0 Å². The van der Waals surface area contributed by atoms with Crippen molar-refractivity contribution in [1.82, 2.24) is 0 Å². The molecule has 1 aromatic heterocycles. The molecule has 0 aliphatic heterocycles. The van der Waals surface area contributed by atoms with Gasteiger partial charge >= 0.3 is 5.97 Å². The van der Waals surface area contributed by atoms with Gasteiger partial charge in [-0.2, -0.15) is 8.78 Å². The van der Waals surface area contributed by atoms with Crippen molar-refractivity contribution in [1.29, 1.82) is 0 Å². The number of hydrogen-bond donors (Lipinski definition) is 0. The van der Waals surface area contributed by atoms with Gasteiger partial charge in [0.1, 0.15) is 0 Å². The van der Waals surface area contributed by atoms with Crippen LogP contribution in [0.4, 0.5) is 22.0 Å². The zero-order valence-electron chi connectivity index (χ0n) is 12.2. The van der Waals surface area contributed by atoms with Crippen molar-refractivity contribution in [2.75, 3.05) is 0 Å². The Kier molecular flexibility index (Phi) is 4.54. The lowest BCUT2D eigenvalue weighted by atomic mass is 10.1. The van der Waals surface area contributed by atoms with Crippen LogP contribution < -0.4 is 4.74 Å². The molecular weight excluding hydrogens is 363 g/mol. The Balaban J connectivity index is 1.88. The summed E-state index contributed by atoms with van der Waals surface area (Å²) in [6, 6.07) is 9.48. The Morgan fingerprint density at radius 2 is 1.36 bits per heavy atom. The van der Waals surface area contributed by atoms with Crippen molar-refractivity contribution in [3.63, 3.8) is 0 Å². The molecule has 25 heavy (non-hydrogen) atoms. The summed E-state index contributed by atoms with van der Waals surface area (Å²) in [5.74, 6) is -14.0. The zero-order chi connectivity index (χ0) is 18.1. The van der Waals surface area contributed by atoms with E-state index in [-0.39, 0.29) is 5.56 Å². The molecular formula is C17H7F5O2S. The van der Waals surface area contributed by atoms with Crippen LogP contribution >= 0.6 is 11.3 Å². The standard InChI is InChI=1S/C17H7F5O2S/c18-11-12(19)14(21)16(15(22)13(11)20)24-17(23)9-5-3-8(4-6-9)10-2-1-7-25-10/h1-7H. The summed E-state index contributed by atoms with van der Waals surface area (Å²) in [7, 11) is 0. The van der Waals surface area contributed by atoms with Crippen LogP contribution in [0.15, 0.2) is 41.8 Å². The first-order valence-corrected chi connectivity index (χ1v) is 7.65. The molecule has 3 aromatic rings. The number of rotatable bonds is 3. The number of esters is 1. The van der Waals surface area contributed by atoms with Gasteiger partial charge in [-0.05, 0) is 29.1 Å². The fraction of sp³-hybridized carbons (Fsp3) is 0. The Hall–Kier alpha value is -2.74. The van der Waals surface area contributed by atoms with Gasteiger partial charge in [0.2, 0.25) is 34.8 Å². The van der Waals surface area contributed by atoms with Gasteiger partial charge in [0, 0.05) is 4.88 Å². The summed E-state index contributed by atoms with van der Waals surface area (Å²) in [5.41, 5.74) is 0.687. The molecule has 0 fully saturated rings. The Bertz CT molecular complexity index is 908. The van der Waals surface area contributed by atoms with E-state index in [1.165, 1.54) is 23.5 Å². The number of ether oxygens (including phenoxy) is 1. The topological polar surface area (TPSA) is 26.3 Å².